The Bertz CT molecular complexity index is 466. The van der Waals surface area contributed by atoms with Crippen LogP contribution >= 0.6 is 15.9 Å². The predicted octanol–water partition coefficient (Wildman–Crippen LogP) is 3.63. The number of anilines is 1. The van der Waals surface area contributed by atoms with Gasteiger partial charge in [0.1, 0.15) is 5.60 Å². The maximum absolute atomic E-state index is 11.8. The highest BCUT2D eigenvalue weighted by atomic mass is 79.9. The molecule has 0 spiro atoms. The SMILES string of the molecule is CN(C(=O)OC(C)(C)C)c1ccc(C=O)c(Br)c1. The van der Waals surface area contributed by atoms with Gasteiger partial charge in [-0.2, -0.15) is 0 Å². The van der Waals surface area contributed by atoms with Crippen LogP contribution in [0, 0.1) is 0 Å². The van der Waals surface area contributed by atoms with Gasteiger partial charge in [-0.1, -0.05) is 0 Å². The van der Waals surface area contributed by atoms with Crippen molar-refractivity contribution in [1.29, 1.82) is 0 Å². The number of rotatable bonds is 2. The molecule has 0 aliphatic heterocycles. The maximum atomic E-state index is 11.8. The number of amides is 1. The zero-order valence-electron chi connectivity index (χ0n) is 10.9. The maximum Gasteiger partial charge on any atom is 0.414 e. The summed E-state index contributed by atoms with van der Waals surface area (Å²) in [6.45, 7) is 5.43. The molecule has 98 valence electrons. The quantitative estimate of drug-likeness (QED) is 0.783. The lowest BCUT2D eigenvalue weighted by molar-refractivity contribution is 0.0589. The molecular formula is C13H16BrNO3. The average Bonchev–Trinajstić information content (AvgIpc) is 2.25. The third-order valence-corrected chi connectivity index (χ3v) is 2.85. The van der Waals surface area contributed by atoms with Crippen LogP contribution in [0.4, 0.5) is 10.5 Å². The summed E-state index contributed by atoms with van der Waals surface area (Å²) in [5.74, 6) is 0. The molecule has 1 rings (SSSR count). The van der Waals surface area contributed by atoms with Crippen molar-refractivity contribution in [3.63, 3.8) is 0 Å². The molecular weight excluding hydrogens is 298 g/mol. The fraction of sp³-hybridized carbons (Fsp3) is 0.385. The predicted molar refractivity (Wildman–Crippen MR) is 74.2 cm³/mol. The molecule has 0 N–H and O–H groups in total. The van der Waals surface area contributed by atoms with Crippen molar-refractivity contribution in [3.8, 4) is 0 Å². The fourth-order valence-electron chi connectivity index (χ4n) is 1.26. The zero-order valence-corrected chi connectivity index (χ0v) is 12.4. The number of hydrogen-bond acceptors (Lipinski definition) is 3. The van der Waals surface area contributed by atoms with Gasteiger partial charge in [-0.3, -0.25) is 9.69 Å². The first-order valence-electron chi connectivity index (χ1n) is 5.46. The molecule has 0 unspecified atom stereocenters. The molecule has 18 heavy (non-hydrogen) atoms. The molecule has 0 bridgehead atoms. The molecule has 0 aliphatic carbocycles. The molecule has 5 heteroatoms. The van der Waals surface area contributed by atoms with Crippen molar-refractivity contribution in [2.75, 3.05) is 11.9 Å². The number of aldehydes is 1. The molecule has 0 aromatic heterocycles. The first-order chi connectivity index (χ1) is 8.24. The highest BCUT2D eigenvalue weighted by Gasteiger charge is 2.20. The van der Waals surface area contributed by atoms with Gasteiger partial charge in [0, 0.05) is 22.8 Å². The van der Waals surface area contributed by atoms with Gasteiger partial charge in [-0.25, -0.2) is 4.79 Å². The Labute approximate surface area is 115 Å². The number of carbonyl (C=O) groups excluding carboxylic acids is 2. The summed E-state index contributed by atoms with van der Waals surface area (Å²) < 4.78 is 5.90. The Morgan fingerprint density at radius 2 is 2.00 bits per heavy atom. The summed E-state index contributed by atoms with van der Waals surface area (Å²) in [5.41, 5.74) is 0.656. The van der Waals surface area contributed by atoms with Gasteiger partial charge in [0.05, 0.1) is 0 Å². The lowest BCUT2D eigenvalue weighted by atomic mass is 10.2. The third kappa shape index (κ3) is 3.84. The Morgan fingerprint density at radius 3 is 2.44 bits per heavy atom. The van der Waals surface area contributed by atoms with E-state index in [9.17, 15) is 9.59 Å². The van der Waals surface area contributed by atoms with Crippen LogP contribution in [0.1, 0.15) is 31.1 Å². The molecule has 0 aliphatic rings. The van der Waals surface area contributed by atoms with Crippen LogP contribution in [0.15, 0.2) is 22.7 Å². The van der Waals surface area contributed by atoms with E-state index in [4.69, 9.17) is 4.74 Å². The second-order valence-corrected chi connectivity index (χ2v) is 5.72. The minimum atomic E-state index is -0.536. The van der Waals surface area contributed by atoms with Crippen LogP contribution in [-0.4, -0.2) is 25.0 Å². The van der Waals surface area contributed by atoms with Gasteiger partial charge >= 0.3 is 6.09 Å². The number of benzene rings is 1. The van der Waals surface area contributed by atoms with E-state index in [-0.39, 0.29) is 0 Å². The molecule has 0 radical (unpaired) electrons. The fourth-order valence-corrected chi connectivity index (χ4v) is 1.72. The Morgan fingerprint density at radius 1 is 1.39 bits per heavy atom. The van der Waals surface area contributed by atoms with Crippen LogP contribution in [-0.2, 0) is 4.74 Å². The van der Waals surface area contributed by atoms with Crippen molar-refractivity contribution in [2.45, 2.75) is 26.4 Å². The van der Waals surface area contributed by atoms with E-state index >= 15 is 0 Å². The highest BCUT2D eigenvalue weighted by molar-refractivity contribution is 9.10. The molecule has 4 nitrogen and oxygen atoms in total. The van der Waals surface area contributed by atoms with Gasteiger partial charge in [0.25, 0.3) is 0 Å². The Balaban J connectivity index is 2.90. The molecule has 0 heterocycles. The number of halogens is 1. The lowest BCUT2D eigenvalue weighted by Crippen LogP contribution is -2.34. The average molecular weight is 314 g/mol. The van der Waals surface area contributed by atoms with Crippen LogP contribution in [0.3, 0.4) is 0 Å². The minimum absolute atomic E-state index is 0.437. The topological polar surface area (TPSA) is 46.6 Å². The van der Waals surface area contributed by atoms with Gasteiger partial charge in [-0.05, 0) is 54.9 Å². The van der Waals surface area contributed by atoms with Crippen molar-refractivity contribution in [3.05, 3.63) is 28.2 Å². The summed E-state index contributed by atoms with van der Waals surface area (Å²) in [6.07, 6.45) is 0.315. The Hall–Kier alpha value is -1.36. The number of ether oxygens (including phenoxy) is 1. The van der Waals surface area contributed by atoms with E-state index < -0.39 is 11.7 Å². The van der Waals surface area contributed by atoms with E-state index in [1.165, 1.54) is 4.90 Å². The molecule has 0 atom stereocenters. The molecule has 1 amide bonds. The van der Waals surface area contributed by atoms with E-state index in [1.54, 1.807) is 25.2 Å². The van der Waals surface area contributed by atoms with E-state index in [0.29, 0.717) is 15.7 Å². The zero-order chi connectivity index (χ0) is 13.9. The summed E-state index contributed by atoms with van der Waals surface area (Å²) in [6, 6.07) is 5.04. The first-order valence-corrected chi connectivity index (χ1v) is 6.25. The summed E-state index contributed by atoms with van der Waals surface area (Å²) in [7, 11) is 1.62. The van der Waals surface area contributed by atoms with Crippen LogP contribution < -0.4 is 4.90 Å². The van der Waals surface area contributed by atoms with Crippen molar-refractivity contribution < 1.29 is 14.3 Å². The van der Waals surface area contributed by atoms with Gasteiger partial charge < -0.3 is 4.74 Å². The number of carbonyl (C=O) groups is 2. The first kappa shape index (κ1) is 14.7. The number of nitrogens with zero attached hydrogens (tertiary/aromatic N) is 1. The van der Waals surface area contributed by atoms with Crippen LogP contribution in [0.2, 0.25) is 0 Å². The lowest BCUT2D eigenvalue weighted by Gasteiger charge is -2.24. The van der Waals surface area contributed by atoms with Crippen LogP contribution in [0.5, 0.6) is 0 Å². The number of hydrogen-bond donors (Lipinski definition) is 0. The molecule has 0 saturated carbocycles. The van der Waals surface area contributed by atoms with Crippen molar-refractivity contribution in [2.24, 2.45) is 0 Å². The molecule has 1 aromatic rings. The normalized spacial score (nSPS) is 10.9. The van der Waals surface area contributed by atoms with Crippen molar-refractivity contribution >= 4 is 34.0 Å². The van der Waals surface area contributed by atoms with Gasteiger partial charge in [0.15, 0.2) is 6.29 Å². The molecule has 0 fully saturated rings. The van der Waals surface area contributed by atoms with Crippen molar-refractivity contribution in [1.82, 2.24) is 0 Å². The van der Waals surface area contributed by atoms with Gasteiger partial charge in [0.2, 0.25) is 0 Å². The minimum Gasteiger partial charge on any atom is -0.443 e. The van der Waals surface area contributed by atoms with Gasteiger partial charge in [-0.15, -0.1) is 0 Å². The molecule has 0 saturated heterocycles. The smallest absolute Gasteiger partial charge is 0.414 e. The molecule has 1 aromatic carbocycles. The largest absolute Gasteiger partial charge is 0.443 e. The van der Waals surface area contributed by atoms with E-state index in [1.807, 2.05) is 20.8 Å². The standard InChI is InChI=1S/C13H16BrNO3/c1-13(2,3)18-12(17)15(4)10-6-5-9(8-16)11(14)7-10/h5-8H,1-4H3. The second-order valence-electron chi connectivity index (χ2n) is 4.86. The summed E-state index contributed by atoms with van der Waals surface area (Å²) in [4.78, 5) is 23.9. The van der Waals surface area contributed by atoms with Crippen LogP contribution in [0.25, 0.3) is 0 Å². The monoisotopic (exact) mass is 313 g/mol. The van der Waals surface area contributed by atoms with E-state index in [2.05, 4.69) is 15.9 Å². The Kier molecular flexibility index (Phi) is 4.51. The summed E-state index contributed by atoms with van der Waals surface area (Å²) >= 11 is 3.28. The third-order valence-electron chi connectivity index (χ3n) is 2.17. The highest BCUT2D eigenvalue weighted by Crippen LogP contribution is 2.23. The van der Waals surface area contributed by atoms with E-state index in [0.717, 1.165) is 6.29 Å². The summed E-state index contributed by atoms with van der Waals surface area (Å²) in [5, 5.41) is 0. The second kappa shape index (κ2) is 5.52.